The zero-order valence-electron chi connectivity index (χ0n) is 22.7. The molecule has 0 radical (unpaired) electrons. The minimum absolute atomic E-state index is 0.00786. The minimum Gasteiger partial charge on any atom is -0.493 e. The third kappa shape index (κ3) is 7.97. The number of carbonyl (C=O) groups excluding carboxylic acids is 3. The SMILES string of the molecule is CCOc1cc(C=NNC(=O)CCNC(=O)c2cc(OC)c(OC)c(OC)c2)ccc1OC(=O)c1ccccc1. The van der Waals surface area contributed by atoms with E-state index in [1.165, 1.54) is 39.7 Å². The number of hydrogen-bond donors (Lipinski definition) is 2. The average molecular weight is 550 g/mol. The van der Waals surface area contributed by atoms with Gasteiger partial charge < -0.3 is 29.0 Å². The summed E-state index contributed by atoms with van der Waals surface area (Å²) >= 11 is 0. The molecule has 0 heterocycles. The third-order valence-corrected chi connectivity index (χ3v) is 5.45. The fourth-order valence-electron chi connectivity index (χ4n) is 3.53. The molecule has 0 spiro atoms. The summed E-state index contributed by atoms with van der Waals surface area (Å²) in [6.07, 6.45) is 1.42. The number of nitrogens with one attached hydrogen (secondary N) is 2. The fraction of sp³-hybridized carbons (Fsp3) is 0.241. The third-order valence-electron chi connectivity index (χ3n) is 5.45. The van der Waals surface area contributed by atoms with Gasteiger partial charge in [-0.05, 0) is 55.0 Å². The van der Waals surface area contributed by atoms with E-state index in [-0.39, 0.29) is 24.3 Å². The summed E-state index contributed by atoms with van der Waals surface area (Å²) in [6, 6.07) is 16.6. The zero-order valence-corrected chi connectivity index (χ0v) is 22.7. The van der Waals surface area contributed by atoms with Crippen molar-refractivity contribution in [1.82, 2.24) is 10.7 Å². The Morgan fingerprint density at radius 3 is 2.15 bits per heavy atom. The van der Waals surface area contributed by atoms with E-state index in [4.69, 9.17) is 23.7 Å². The predicted molar refractivity (Wildman–Crippen MR) is 148 cm³/mol. The standard InChI is InChI=1S/C29H31N3O8/c1-5-39-23-15-19(11-12-22(23)40-29(35)20-9-7-6-8-10-20)18-31-32-26(33)13-14-30-28(34)21-16-24(36-2)27(38-4)25(17-21)37-3/h6-12,15-18H,5,13-14H2,1-4H3,(H,30,34)(H,32,33). The molecule has 0 atom stereocenters. The van der Waals surface area contributed by atoms with Crippen molar-refractivity contribution in [2.45, 2.75) is 13.3 Å². The lowest BCUT2D eigenvalue weighted by molar-refractivity contribution is -0.120. The first-order valence-corrected chi connectivity index (χ1v) is 12.3. The Morgan fingerprint density at radius 1 is 0.825 bits per heavy atom. The van der Waals surface area contributed by atoms with Gasteiger partial charge >= 0.3 is 5.97 Å². The van der Waals surface area contributed by atoms with Crippen molar-refractivity contribution < 1.29 is 38.1 Å². The molecule has 0 bridgehead atoms. The molecule has 0 unspecified atom stereocenters. The van der Waals surface area contributed by atoms with Crippen LogP contribution in [0.5, 0.6) is 28.7 Å². The van der Waals surface area contributed by atoms with Crippen LogP contribution in [0, 0.1) is 0 Å². The molecule has 40 heavy (non-hydrogen) atoms. The van der Waals surface area contributed by atoms with Gasteiger partial charge in [-0.3, -0.25) is 9.59 Å². The highest BCUT2D eigenvalue weighted by Crippen LogP contribution is 2.38. The van der Waals surface area contributed by atoms with Gasteiger partial charge in [-0.2, -0.15) is 5.10 Å². The highest BCUT2D eigenvalue weighted by molar-refractivity contribution is 5.96. The molecular formula is C29H31N3O8. The van der Waals surface area contributed by atoms with Gasteiger partial charge in [-0.15, -0.1) is 0 Å². The van der Waals surface area contributed by atoms with E-state index in [0.29, 0.717) is 40.7 Å². The number of ether oxygens (including phenoxy) is 5. The first-order chi connectivity index (χ1) is 19.4. The highest BCUT2D eigenvalue weighted by atomic mass is 16.6. The normalized spacial score (nSPS) is 10.5. The topological polar surface area (TPSA) is 134 Å². The lowest BCUT2D eigenvalue weighted by Crippen LogP contribution is -2.29. The summed E-state index contributed by atoms with van der Waals surface area (Å²) < 4.78 is 26.9. The van der Waals surface area contributed by atoms with E-state index in [1.807, 2.05) is 13.0 Å². The number of amides is 2. The number of methoxy groups -OCH3 is 3. The number of hydrazone groups is 1. The first kappa shape index (κ1) is 29.5. The Bertz CT molecular complexity index is 1330. The molecular weight excluding hydrogens is 518 g/mol. The molecule has 0 aliphatic heterocycles. The largest absolute Gasteiger partial charge is 0.493 e. The maximum Gasteiger partial charge on any atom is 0.343 e. The fourth-order valence-corrected chi connectivity index (χ4v) is 3.53. The predicted octanol–water partition coefficient (Wildman–Crippen LogP) is 3.60. The maximum absolute atomic E-state index is 12.6. The second-order valence-electron chi connectivity index (χ2n) is 8.11. The second-order valence-corrected chi connectivity index (χ2v) is 8.11. The Morgan fingerprint density at radius 2 is 1.52 bits per heavy atom. The maximum atomic E-state index is 12.6. The molecule has 210 valence electrons. The summed E-state index contributed by atoms with van der Waals surface area (Å²) in [5, 5.41) is 6.63. The van der Waals surface area contributed by atoms with E-state index in [1.54, 1.807) is 42.5 Å². The van der Waals surface area contributed by atoms with Crippen LogP contribution in [-0.2, 0) is 4.79 Å². The molecule has 2 N–H and O–H groups in total. The lowest BCUT2D eigenvalue weighted by atomic mass is 10.1. The Hall–Kier alpha value is -5.06. The van der Waals surface area contributed by atoms with Gasteiger partial charge in [-0.1, -0.05) is 18.2 Å². The molecule has 11 nitrogen and oxygen atoms in total. The van der Waals surface area contributed by atoms with E-state index in [9.17, 15) is 14.4 Å². The first-order valence-electron chi connectivity index (χ1n) is 12.3. The number of esters is 1. The van der Waals surface area contributed by atoms with Gasteiger partial charge in [-0.25, -0.2) is 10.2 Å². The van der Waals surface area contributed by atoms with Gasteiger partial charge in [0.2, 0.25) is 11.7 Å². The number of carbonyl (C=O) groups is 3. The molecule has 11 heteroatoms. The number of hydrogen-bond acceptors (Lipinski definition) is 9. The lowest BCUT2D eigenvalue weighted by Gasteiger charge is -2.14. The smallest absolute Gasteiger partial charge is 0.343 e. The van der Waals surface area contributed by atoms with Gasteiger partial charge in [0, 0.05) is 18.5 Å². The van der Waals surface area contributed by atoms with Crippen LogP contribution >= 0.6 is 0 Å². The monoisotopic (exact) mass is 549 g/mol. The van der Waals surface area contributed by atoms with Gasteiger partial charge in [0.05, 0.1) is 39.7 Å². The van der Waals surface area contributed by atoms with Gasteiger partial charge in [0.15, 0.2) is 23.0 Å². The van der Waals surface area contributed by atoms with Crippen LogP contribution in [0.1, 0.15) is 39.6 Å². The molecule has 0 aliphatic rings. The molecule has 2 amide bonds. The summed E-state index contributed by atoms with van der Waals surface area (Å²) in [5.74, 6) is 0.355. The average Bonchev–Trinajstić information content (AvgIpc) is 2.98. The van der Waals surface area contributed by atoms with Gasteiger partial charge in [0.25, 0.3) is 5.91 Å². The zero-order chi connectivity index (χ0) is 28.9. The molecule has 3 rings (SSSR count). The molecule has 0 saturated carbocycles. The van der Waals surface area contributed by atoms with Crippen molar-refractivity contribution in [3.05, 3.63) is 77.4 Å². The van der Waals surface area contributed by atoms with Crippen LogP contribution in [0.25, 0.3) is 0 Å². The second kappa shape index (κ2) is 14.8. The van der Waals surface area contributed by atoms with Crippen LogP contribution in [0.4, 0.5) is 0 Å². The van der Waals surface area contributed by atoms with E-state index in [2.05, 4.69) is 15.8 Å². The molecule has 0 aliphatic carbocycles. The van der Waals surface area contributed by atoms with Gasteiger partial charge in [0.1, 0.15) is 0 Å². The molecule has 3 aromatic rings. The Balaban J connectivity index is 1.53. The van der Waals surface area contributed by atoms with Crippen molar-refractivity contribution >= 4 is 24.0 Å². The summed E-state index contributed by atoms with van der Waals surface area (Å²) in [7, 11) is 4.38. The highest BCUT2D eigenvalue weighted by Gasteiger charge is 2.17. The van der Waals surface area contributed by atoms with E-state index >= 15 is 0 Å². The summed E-state index contributed by atoms with van der Waals surface area (Å²) in [6.45, 7) is 2.24. The minimum atomic E-state index is -0.507. The van der Waals surface area contributed by atoms with Crippen LogP contribution in [0.15, 0.2) is 65.8 Å². The Kier molecular flexibility index (Phi) is 10.9. The van der Waals surface area contributed by atoms with Crippen molar-refractivity contribution in [1.29, 1.82) is 0 Å². The van der Waals surface area contributed by atoms with Crippen LogP contribution < -0.4 is 34.4 Å². The van der Waals surface area contributed by atoms with Crippen LogP contribution in [-0.4, -0.2) is 58.5 Å². The quantitative estimate of drug-likeness (QED) is 0.143. The number of benzene rings is 3. The Labute approximate surface area is 232 Å². The summed E-state index contributed by atoms with van der Waals surface area (Å²) in [4.78, 5) is 37.2. The van der Waals surface area contributed by atoms with Crippen molar-refractivity contribution in [2.75, 3.05) is 34.5 Å². The van der Waals surface area contributed by atoms with Crippen molar-refractivity contribution in [3.63, 3.8) is 0 Å². The molecule has 0 fully saturated rings. The van der Waals surface area contributed by atoms with Crippen LogP contribution in [0.3, 0.4) is 0 Å². The van der Waals surface area contributed by atoms with Crippen LogP contribution in [0.2, 0.25) is 0 Å². The van der Waals surface area contributed by atoms with Crippen molar-refractivity contribution in [3.8, 4) is 28.7 Å². The number of rotatable bonds is 13. The number of nitrogens with zero attached hydrogens (tertiary/aromatic N) is 1. The molecule has 3 aromatic carbocycles. The molecule has 0 saturated heterocycles. The molecule has 0 aromatic heterocycles. The van der Waals surface area contributed by atoms with E-state index in [0.717, 1.165) is 0 Å². The van der Waals surface area contributed by atoms with Crippen molar-refractivity contribution in [2.24, 2.45) is 5.10 Å². The van der Waals surface area contributed by atoms with E-state index < -0.39 is 17.8 Å². The summed E-state index contributed by atoms with van der Waals surface area (Å²) in [5.41, 5.74) is 3.73.